The Morgan fingerprint density at radius 2 is 2.29 bits per heavy atom. The minimum atomic E-state index is -0.268. The highest BCUT2D eigenvalue weighted by Crippen LogP contribution is 2.17. The van der Waals surface area contributed by atoms with Crippen LogP contribution >= 0.6 is 0 Å². The number of piperazine rings is 1. The Balaban J connectivity index is 2.06. The summed E-state index contributed by atoms with van der Waals surface area (Å²) in [6, 6.07) is 8.33. The topological polar surface area (TPSA) is 41.6 Å². The summed E-state index contributed by atoms with van der Waals surface area (Å²) in [5.74, 6) is 0.426. The number of benzene rings is 1. The van der Waals surface area contributed by atoms with Gasteiger partial charge in [0.15, 0.2) is 0 Å². The molecule has 1 N–H and O–H groups in total. The molecule has 0 bridgehead atoms. The number of rotatable bonds is 5. The van der Waals surface area contributed by atoms with Gasteiger partial charge in [-0.25, -0.2) is 4.79 Å². The van der Waals surface area contributed by atoms with E-state index in [1.807, 2.05) is 12.1 Å². The molecule has 21 heavy (non-hydrogen) atoms. The molecule has 1 aliphatic rings. The Labute approximate surface area is 127 Å². The monoisotopic (exact) mass is 290 g/mol. The summed E-state index contributed by atoms with van der Waals surface area (Å²) in [4.78, 5) is 14.1. The van der Waals surface area contributed by atoms with E-state index in [-0.39, 0.29) is 5.97 Å². The molecule has 0 aliphatic carbocycles. The van der Waals surface area contributed by atoms with Crippen LogP contribution in [0.5, 0.6) is 0 Å². The van der Waals surface area contributed by atoms with Crippen molar-refractivity contribution in [2.24, 2.45) is 5.92 Å². The van der Waals surface area contributed by atoms with Gasteiger partial charge in [-0.2, -0.15) is 0 Å². The van der Waals surface area contributed by atoms with Gasteiger partial charge in [-0.05, 0) is 30.0 Å². The van der Waals surface area contributed by atoms with Crippen LogP contribution in [-0.2, 0) is 11.3 Å². The molecule has 1 atom stereocenters. The van der Waals surface area contributed by atoms with Crippen molar-refractivity contribution < 1.29 is 9.53 Å². The second-order valence-electron chi connectivity index (χ2n) is 6.15. The number of hydrogen-bond donors (Lipinski definition) is 1. The Hall–Kier alpha value is -1.39. The van der Waals surface area contributed by atoms with E-state index < -0.39 is 0 Å². The van der Waals surface area contributed by atoms with E-state index in [9.17, 15) is 4.79 Å². The molecule has 0 unspecified atom stereocenters. The molecule has 0 spiro atoms. The van der Waals surface area contributed by atoms with E-state index in [4.69, 9.17) is 4.74 Å². The largest absolute Gasteiger partial charge is 0.465 e. The third-order valence-electron chi connectivity index (χ3n) is 3.95. The van der Waals surface area contributed by atoms with Crippen molar-refractivity contribution in [3.8, 4) is 0 Å². The van der Waals surface area contributed by atoms with Crippen molar-refractivity contribution in [3.05, 3.63) is 35.4 Å². The van der Waals surface area contributed by atoms with Gasteiger partial charge < -0.3 is 10.1 Å². The molecule has 1 aromatic carbocycles. The summed E-state index contributed by atoms with van der Waals surface area (Å²) < 4.78 is 4.79. The minimum Gasteiger partial charge on any atom is -0.465 e. The lowest BCUT2D eigenvalue weighted by Crippen LogP contribution is -2.51. The molecular weight excluding hydrogens is 264 g/mol. The molecule has 1 saturated heterocycles. The first-order chi connectivity index (χ1) is 10.1. The molecule has 4 nitrogen and oxygen atoms in total. The van der Waals surface area contributed by atoms with Gasteiger partial charge in [0.25, 0.3) is 0 Å². The molecule has 1 aromatic rings. The van der Waals surface area contributed by atoms with E-state index in [2.05, 4.69) is 30.1 Å². The molecule has 1 fully saturated rings. The molecule has 116 valence electrons. The van der Waals surface area contributed by atoms with Gasteiger partial charge in [-0.1, -0.05) is 26.0 Å². The zero-order valence-electron chi connectivity index (χ0n) is 13.3. The summed E-state index contributed by atoms with van der Waals surface area (Å²) in [5.41, 5.74) is 1.80. The average Bonchev–Trinajstić information content (AvgIpc) is 2.48. The van der Waals surface area contributed by atoms with Crippen LogP contribution in [0, 0.1) is 5.92 Å². The molecule has 0 amide bonds. The Kier molecular flexibility index (Phi) is 5.76. The summed E-state index contributed by atoms with van der Waals surface area (Å²) in [7, 11) is 1.42. The maximum absolute atomic E-state index is 11.6. The minimum absolute atomic E-state index is 0.268. The van der Waals surface area contributed by atoms with Gasteiger partial charge in [0.05, 0.1) is 12.7 Å². The molecule has 2 rings (SSSR count). The van der Waals surface area contributed by atoms with Crippen molar-refractivity contribution in [3.63, 3.8) is 0 Å². The van der Waals surface area contributed by atoms with Crippen LogP contribution in [0.15, 0.2) is 24.3 Å². The maximum Gasteiger partial charge on any atom is 0.337 e. The normalized spacial score (nSPS) is 19.7. The Bertz CT molecular complexity index is 474. The van der Waals surface area contributed by atoms with Crippen LogP contribution in [0.2, 0.25) is 0 Å². The van der Waals surface area contributed by atoms with Gasteiger partial charge in [0, 0.05) is 32.2 Å². The lowest BCUT2D eigenvalue weighted by atomic mass is 10.00. The summed E-state index contributed by atoms with van der Waals surface area (Å²) in [6.07, 6.45) is 1.20. The standard InChI is InChI=1S/C17H26N2O2/c1-13(2)9-16-11-18-7-8-19(16)12-14-5-4-6-15(10-14)17(20)21-3/h4-6,10,13,16,18H,7-9,11-12H2,1-3H3/t16-/m1/s1. The molecule has 1 aliphatic heterocycles. The number of carbonyl (C=O) groups excluding carboxylic acids is 1. The third-order valence-corrected chi connectivity index (χ3v) is 3.95. The molecule has 0 saturated carbocycles. The van der Waals surface area contributed by atoms with Gasteiger partial charge in [-0.15, -0.1) is 0 Å². The number of hydrogen-bond acceptors (Lipinski definition) is 4. The number of esters is 1. The lowest BCUT2D eigenvalue weighted by molar-refractivity contribution is 0.0600. The van der Waals surface area contributed by atoms with Crippen molar-refractivity contribution in [2.45, 2.75) is 32.9 Å². The zero-order chi connectivity index (χ0) is 15.2. The maximum atomic E-state index is 11.6. The zero-order valence-corrected chi connectivity index (χ0v) is 13.3. The number of carbonyl (C=O) groups is 1. The van der Waals surface area contributed by atoms with Gasteiger partial charge in [0.2, 0.25) is 0 Å². The summed E-state index contributed by atoms with van der Waals surface area (Å²) in [5, 5.41) is 3.48. The number of ether oxygens (including phenoxy) is 1. The van der Waals surface area contributed by atoms with Crippen molar-refractivity contribution in [2.75, 3.05) is 26.7 Å². The lowest BCUT2D eigenvalue weighted by Gasteiger charge is -2.37. The second-order valence-corrected chi connectivity index (χ2v) is 6.15. The molecule has 4 heteroatoms. The van der Waals surface area contributed by atoms with Gasteiger partial charge in [0.1, 0.15) is 0 Å². The van der Waals surface area contributed by atoms with E-state index in [1.54, 1.807) is 6.07 Å². The molecule has 1 heterocycles. The van der Waals surface area contributed by atoms with E-state index in [0.717, 1.165) is 26.2 Å². The second kappa shape index (κ2) is 7.57. The molecular formula is C17H26N2O2. The fourth-order valence-electron chi connectivity index (χ4n) is 2.94. The first kappa shape index (κ1) is 16.0. The van der Waals surface area contributed by atoms with Crippen molar-refractivity contribution >= 4 is 5.97 Å². The van der Waals surface area contributed by atoms with Crippen LogP contribution in [0.3, 0.4) is 0 Å². The van der Waals surface area contributed by atoms with Crippen molar-refractivity contribution in [1.82, 2.24) is 10.2 Å². The smallest absolute Gasteiger partial charge is 0.337 e. The highest BCUT2D eigenvalue weighted by Gasteiger charge is 2.23. The number of nitrogens with one attached hydrogen (secondary N) is 1. The quantitative estimate of drug-likeness (QED) is 0.845. The van der Waals surface area contributed by atoms with Crippen LogP contribution < -0.4 is 5.32 Å². The highest BCUT2D eigenvalue weighted by molar-refractivity contribution is 5.89. The van der Waals surface area contributed by atoms with Crippen LogP contribution in [0.1, 0.15) is 36.2 Å². The Morgan fingerprint density at radius 3 is 3.00 bits per heavy atom. The first-order valence-corrected chi connectivity index (χ1v) is 7.72. The fourth-order valence-corrected chi connectivity index (χ4v) is 2.94. The van der Waals surface area contributed by atoms with Gasteiger partial charge >= 0.3 is 5.97 Å². The van der Waals surface area contributed by atoms with Crippen LogP contribution in [-0.4, -0.2) is 43.7 Å². The van der Waals surface area contributed by atoms with E-state index >= 15 is 0 Å². The summed E-state index contributed by atoms with van der Waals surface area (Å²) in [6.45, 7) is 8.57. The van der Waals surface area contributed by atoms with Crippen LogP contribution in [0.4, 0.5) is 0 Å². The molecule has 0 aromatic heterocycles. The van der Waals surface area contributed by atoms with E-state index in [1.165, 1.54) is 19.1 Å². The molecule has 0 radical (unpaired) electrons. The number of methoxy groups -OCH3 is 1. The van der Waals surface area contributed by atoms with E-state index in [0.29, 0.717) is 17.5 Å². The number of nitrogens with zero attached hydrogens (tertiary/aromatic N) is 1. The third kappa shape index (κ3) is 4.55. The summed E-state index contributed by atoms with van der Waals surface area (Å²) >= 11 is 0. The van der Waals surface area contributed by atoms with Gasteiger partial charge in [-0.3, -0.25) is 4.90 Å². The predicted octanol–water partition coefficient (Wildman–Crippen LogP) is 2.29. The SMILES string of the molecule is COC(=O)c1cccc(CN2CCNC[C@H]2CC(C)C)c1. The predicted molar refractivity (Wildman–Crippen MR) is 84.3 cm³/mol. The first-order valence-electron chi connectivity index (χ1n) is 7.72. The fraction of sp³-hybridized carbons (Fsp3) is 0.588. The van der Waals surface area contributed by atoms with Crippen molar-refractivity contribution in [1.29, 1.82) is 0 Å². The Morgan fingerprint density at radius 1 is 1.48 bits per heavy atom. The van der Waals surface area contributed by atoms with Crippen LogP contribution in [0.25, 0.3) is 0 Å². The average molecular weight is 290 g/mol. The highest BCUT2D eigenvalue weighted by atomic mass is 16.5.